The Balaban J connectivity index is 0.000000162. The van der Waals surface area contributed by atoms with Gasteiger partial charge in [-0.3, -0.25) is 0 Å². The maximum atomic E-state index is 13.6. The fourth-order valence-electron chi connectivity index (χ4n) is 6.90. The van der Waals surface area contributed by atoms with Crippen molar-refractivity contribution in [3.05, 3.63) is 246 Å². The summed E-state index contributed by atoms with van der Waals surface area (Å²) < 4.78 is 42.6. The molecule has 0 bridgehead atoms. The highest BCUT2D eigenvalue weighted by molar-refractivity contribution is 9.11. The van der Waals surface area contributed by atoms with Gasteiger partial charge in [0.2, 0.25) is 0 Å². The summed E-state index contributed by atoms with van der Waals surface area (Å²) in [5, 5.41) is 39.6. The SMILES string of the molecule is Cc1ccc(Sc2ccccc2CNc2cc(Br)cc(F)c2O)cc1.Oc1c(F)cc(Br)cc1NCc1ccccc1Sc1ccc(Cl)cc1.Oc1c(F)cc(Br)cc1NCc1ccccc1Sc1ccccc1. The van der Waals surface area contributed by atoms with Gasteiger partial charge in [0.05, 0.1) is 17.1 Å². The molecule has 0 amide bonds. The molecule has 378 valence electrons. The Morgan fingerprint density at radius 2 is 0.703 bits per heavy atom. The zero-order chi connectivity index (χ0) is 52.6. The molecule has 9 aromatic carbocycles. The highest BCUT2D eigenvalue weighted by atomic mass is 79.9. The van der Waals surface area contributed by atoms with E-state index >= 15 is 0 Å². The predicted molar refractivity (Wildman–Crippen MR) is 310 cm³/mol. The molecular weight excluding hydrogens is 1220 g/mol. The number of hydrogen-bond acceptors (Lipinski definition) is 9. The summed E-state index contributed by atoms with van der Waals surface area (Å²) in [7, 11) is 0. The standard InChI is InChI=1S/C20H17BrFNOS.C19H14BrClFNOS.C19H15BrFNOS/c1-13-6-8-16(9-7-13)25-19-5-3-2-4-14(19)12-23-18-11-15(21)10-17(22)20(18)24;20-13-9-16(22)19(24)17(10-13)23-11-12-3-1-2-4-18(12)25-15-7-5-14(21)6-8-15;20-14-10-16(21)19(23)17(11-14)22-12-13-6-4-5-9-18(13)24-15-7-2-1-3-8-15/h2-11,23-24H,12H2,1H3;1-10,23-24H,11H2;1-11,22-23H,12H2. The number of aromatic hydroxyl groups is 3. The van der Waals surface area contributed by atoms with Crippen LogP contribution < -0.4 is 16.0 Å². The van der Waals surface area contributed by atoms with E-state index < -0.39 is 17.5 Å². The Kier molecular flexibility index (Phi) is 21.0. The van der Waals surface area contributed by atoms with Crippen molar-refractivity contribution in [1.29, 1.82) is 0 Å². The van der Waals surface area contributed by atoms with Crippen LogP contribution in [0.15, 0.2) is 231 Å². The molecule has 0 fully saturated rings. The van der Waals surface area contributed by atoms with Crippen LogP contribution in [-0.2, 0) is 19.6 Å². The lowest BCUT2D eigenvalue weighted by atomic mass is 10.2. The quantitative estimate of drug-likeness (QED) is 0.0561. The number of nitrogens with one attached hydrogen (secondary N) is 3. The van der Waals surface area contributed by atoms with Crippen molar-refractivity contribution >= 4 is 112 Å². The third-order valence-corrected chi connectivity index (χ3v) is 15.7. The molecule has 6 nitrogen and oxygen atoms in total. The van der Waals surface area contributed by atoms with Crippen molar-refractivity contribution in [2.24, 2.45) is 0 Å². The van der Waals surface area contributed by atoms with E-state index in [0.29, 0.717) is 55.1 Å². The minimum atomic E-state index is -0.666. The molecule has 0 aliphatic rings. The molecule has 0 unspecified atom stereocenters. The van der Waals surface area contributed by atoms with Crippen molar-refractivity contribution in [2.75, 3.05) is 16.0 Å². The van der Waals surface area contributed by atoms with Gasteiger partial charge in [-0.25, -0.2) is 13.2 Å². The summed E-state index contributed by atoms with van der Waals surface area (Å²) in [6.07, 6.45) is 0. The van der Waals surface area contributed by atoms with Gasteiger partial charge in [-0.2, -0.15) is 0 Å². The normalized spacial score (nSPS) is 10.6. The Labute approximate surface area is 471 Å². The van der Waals surface area contributed by atoms with Crippen LogP contribution in [0.1, 0.15) is 22.3 Å². The molecular formula is C58H46Br3ClF3N3O3S3. The van der Waals surface area contributed by atoms with Gasteiger partial charge in [-0.15, -0.1) is 0 Å². The molecule has 0 saturated heterocycles. The number of halogens is 7. The zero-order valence-corrected chi connectivity index (χ0v) is 47.2. The lowest BCUT2D eigenvalue weighted by Gasteiger charge is -2.13. The summed E-state index contributed by atoms with van der Waals surface area (Å²) in [6, 6.07) is 58.8. The molecule has 6 N–H and O–H groups in total. The van der Waals surface area contributed by atoms with Gasteiger partial charge in [0.25, 0.3) is 0 Å². The second-order valence-corrected chi connectivity index (χ2v) is 22.7. The van der Waals surface area contributed by atoms with E-state index in [1.54, 1.807) is 53.5 Å². The second kappa shape index (κ2) is 27.8. The number of phenols is 3. The molecule has 74 heavy (non-hydrogen) atoms. The largest absolute Gasteiger partial charge is 0.503 e. The average molecular weight is 1260 g/mol. The van der Waals surface area contributed by atoms with Crippen molar-refractivity contribution < 1.29 is 28.5 Å². The maximum absolute atomic E-state index is 13.6. The summed E-state index contributed by atoms with van der Waals surface area (Å²) in [4.78, 5) is 6.70. The molecule has 9 aromatic rings. The Morgan fingerprint density at radius 1 is 0.405 bits per heavy atom. The van der Waals surface area contributed by atoms with Crippen LogP contribution in [0.2, 0.25) is 5.02 Å². The van der Waals surface area contributed by atoms with Crippen molar-refractivity contribution in [2.45, 2.75) is 55.9 Å². The summed E-state index contributed by atoms with van der Waals surface area (Å²) >= 11 is 20.6. The molecule has 16 heteroatoms. The maximum Gasteiger partial charge on any atom is 0.175 e. The van der Waals surface area contributed by atoms with Gasteiger partial charge in [-0.1, -0.05) is 185 Å². The van der Waals surface area contributed by atoms with E-state index in [0.717, 1.165) is 46.1 Å². The topological polar surface area (TPSA) is 96.8 Å². The molecule has 0 aliphatic heterocycles. The van der Waals surface area contributed by atoms with Gasteiger partial charge >= 0.3 is 0 Å². The number of phenolic OH excluding ortho intramolecular Hbond substituents is 3. The van der Waals surface area contributed by atoms with E-state index in [2.05, 4.69) is 119 Å². The fourth-order valence-corrected chi connectivity index (χ4v) is 11.2. The van der Waals surface area contributed by atoms with Gasteiger partial charge in [0, 0.05) is 67.4 Å². The van der Waals surface area contributed by atoms with Gasteiger partial charge < -0.3 is 31.3 Å². The van der Waals surface area contributed by atoms with Crippen molar-refractivity contribution in [3.63, 3.8) is 0 Å². The number of rotatable bonds is 15. The second-order valence-electron chi connectivity index (χ2n) is 16.1. The molecule has 0 saturated carbocycles. The monoisotopic (exact) mass is 1260 g/mol. The summed E-state index contributed by atoms with van der Waals surface area (Å²) in [5.41, 5.74) is 5.49. The molecule has 0 aliphatic carbocycles. The Bertz CT molecular complexity index is 3160. The van der Waals surface area contributed by atoms with Crippen LogP contribution in [0.3, 0.4) is 0 Å². The highest BCUT2D eigenvalue weighted by Crippen LogP contribution is 2.37. The lowest BCUT2D eigenvalue weighted by Crippen LogP contribution is -2.02. The van der Waals surface area contributed by atoms with E-state index in [9.17, 15) is 28.5 Å². The first-order valence-corrected chi connectivity index (χ1v) is 27.8. The minimum Gasteiger partial charge on any atom is -0.503 e. The Morgan fingerprint density at radius 3 is 1.05 bits per heavy atom. The van der Waals surface area contributed by atoms with E-state index in [1.165, 1.54) is 23.8 Å². The summed E-state index contributed by atoms with van der Waals surface area (Å²) in [5.74, 6) is -3.09. The van der Waals surface area contributed by atoms with Crippen LogP contribution >= 0.6 is 94.7 Å². The van der Waals surface area contributed by atoms with Crippen LogP contribution in [-0.4, -0.2) is 15.3 Å². The number of anilines is 3. The molecule has 0 atom stereocenters. The van der Waals surface area contributed by atoms with Crippen molar-refractivity contribution in [3.8, 4) is 17.2 Å². The first kappa shape index (κ1) is 56.1. The van der Waals surface area contributed by atoms with E-state index in [-0.39, 0.29) is 17.2 Å². The minimum absolute atomic E-state index is 0.346. The fraction of sp³-hybridized carbons (Fsp3) is 0.0690. The van der Waals surface area contributed by atoms with Crippen molar-refractivity contribution in [1.82, 2.24) is 0 Å². The predicted octanol–water partition coefficient (Wildman–Crippen LogP) is 19.1. The summed E-state index contributed by atoms with van der Waals surface area (Å²) in [6.45, 7) is 3.49. The first-order chi connectivity index (χ1) is 35.7. The number of aryl methyl sites for hydroxylation is 1. The highest BCUT2D eigenvalue weighted by Gasteiger charge is 2.14. The molecule has 0 radical (unpaired) electrons. The van der Waals surface area contributed by atoms with Gasteiger partial charge in [-0.05, 0) is 127 Å². The molecule has 9 rings (SSSR count). The van der Waals surface area contributed by atoms with Crippen LogP contribution in [0.25, 0.3) is 0 Å². The number of benzene rings is 9. The third kappa shape index (κ3) is 16.7. The number of hydrogen-bond donors (Lipinski definition) is 6. The first-order valence-electron chi connectivity index (χ1n) is 22.6. The van der Waals surface area contributed by atoms with Gasteiger partial charge in [0.1, 0.15) is 0 Å². The van der Waals surface area contributed by atoms with E-state index in [4.69, 9.17) is 11.6 Å². The Hall–Kier alpha value is -5.65. The average Bonchev–Trinajstić information content (AvgIpc) is 3.39. The molecule has 0 heterocycles. The lowest BCUT2D eigenvalue weighted by molar-refractivity contribution is 0.434. The zero-order valence-electron chi connectivity index (χ0n) is 39.2. The van der Waals surface area contributed by atoms with Gasteiger partial charge in [0.15, 0.2) is 34.7 Å². The smallest absolute Gasteiger partial charge is 0.175 e. The van der Waals surface area contributed by atoms with Crippen LogP contribution in [0, 0.1) is 24.4 Å². The van der Waals surface area contributed by atoms with Crippen LogP contribution in [0.5, 0.6) is 17.2 Å². The molecule has 0 spiro atoms. The third-order valence-electron chi connectivity index (χ3n) is 10.7. The van der Waals surface area contributed by atoms with E-state index in [1.807, 2.05) is 103 Å². The van der Waals surface area contributed by atoms with Crippen LogP contribution in [0.4, 0.5) is 30.2 Å². The molecule has 0 aromatic heterocycles.